The molecule has 0 radical (unpaired) electrons. The molecule has 28 heavy (non-hydrogen) atoms. The molecule has 2 aromatic rings. The van der Waals surface area contributed by atoms with E-state index in [1.807, 2.05) is 30.3 Å². The number of nitriles is 1. The molecule has 0 fully saturated rings. The van der Waals surface area contributed by atoms with Gasteiger partial charge in [0.25, 0.3) is 0 Å². The summed E-state index contributed by atoms with van der Waals surface area (Å²) in [7, 11) is -3.70. The molecule has 1 atom stereocenters. The van der Waals surface area contributed by atoms with E-state index in [0.717, 1.165) is 17.0 Å². The Morgan fingerprint density at radius 1 is 1.18 bits per heavy atom. The van der Waals surface area contributed by atoms with E-state index in [1.165, 1.54) is 12.1 Å². The van der Waals surface area contributed by atoms with Gasteiger partial charge in [-0.3, -0.25) is 4.79 Å². The maximum Gasteiger partial charge on any atom is 0.230 e. The van der Waals surface area contributed by atoms with Gasteiger partial charge >= 0.3 is 0 Å². The normalized spacial score (nSPS) is 13.1. The number of carbonyl (C=O) groups is 1. The second kappa shape index (κ2) is 8.83. The standard InChI is InChI=1S/C21H22N2O4S/c1-21(2,20(25)23-19(15-24)16-7-4-3-5-8-16)17-9-11-18(12-10-17)28(26,27)14-6-13-22/h3-12,14,19,24H,15H2,1-2H3,(H,23,25)/t19-/m1/s1. The molecule has 0 bridgehead atoms. The molecule has 1 amide bonds. The lowest BCUT2D eigenvalue weighted by Crippen LogP contribution is -2.42. The predicted molar refractivity (Wildman–Crippen MR) is 106 cm³/mol. The van der Waals surface area contributed by atoms with Crippen molar-refractivity contribution in [3.63, 3.8) is 0 Å². The van der Waals surface area contributed by atoms with E-state index in [1.54, 1.807) is 32.0 Å². The fourth-order valence-electron chi connectivity index (χ4n) is 2.65. The fourth-order valence-corrected chi connectivity index (χ4v) is 3.56. The number of sulfone groups is 1. The first-order valence-electron chi connectivity index (χ1n) is 8.61. The summed E-state index contributed by atoms with van der Waals surface area (Å²) in [5, 5.41) is 21.8. The van der Waals surface area contributed by atoms with Crippen LogP contribution in [0.4, 0.5) is 0 Å². The molecule has 0 aromatic heterocycles. The van der Waals surface area contributed by atoms with Crippen LogP contribution < -0.4 is 5.32 Å². The number of nitrogens with zero attached hydrogens (tertiary/aromatic N) is 1. The quantitative estimate of drug-likeness (QED) is 0.697. The zero-order valence-electron chi connectivity index (χ0n) is 15.7. The van der Waals surface area contributed by atoms with Crippen LogP contribution in [-0.2, 0) is 20.0 Å². The summed E-state index contributed by atoms with van der Waals surface area (Å²) >= 11 is 0. The average Bonchev–Trinajstić information content (AvgIpc) is 2.71. The lowest BCUT2D eigenvalue weighted by molar-refractivity contribution is -0.126. The highest BCUT2D eigenvalue weighted by atomic mass is 32.2. The van der Waals surface area contributed by atoms with Crippen molar-refractivity contribution in [2.75, 3.05) is 6.61 Å². The van der Waals surface area contributed by atoms with E-state index in [2.05, 4.69) is 5.32 Å². The molecule has 2 aromatic carbocycles. The Labute approximate surface area is 165 Å². The van der Waals surface area contributed by atoms with E-state index in [-0.39, 0.29) is 17.4 Å². The number of allylic oxidation sites excluding steroid dienone is 1. The molecule has 6 nitrogen and oxygen atoms in total. The van der Waals surface area contributed by atoms with Gasteiger partial charge in [0.2, 0.25) is 15.7 Å². The number of benzene rings is 2. The Kier molecular flexibility index (Phi) is 6.73. The zero-order chi connectivity index (χ0) is 20.8. The van der Waals surface area contributed by atoms with Crippen molar-refractivity contribution in [3.05, 3.63) is 77.2 Å². The van der Waals surface area contributed by atoms with Gasteiger partial charge in [-0.05, 0) is 37.1 Å². The van der Waals surface area contributed by atoms with E-state index in [4.69, 9.17) is 5.26 Å². The zero-order valence-corrected chi connectivity index (χ0v) is 16.5. The van der Waals surface area contributed by atoms with Crippen molar-refractivity contribution in [1.82, 2.24) is 5.32 Å². The van der Waals surface area contributed by atoms with Crippen LogP contribution in [0.1, 0.15) is 31.0 Å². The summed E-state index contributed by atoms with van der Waals surface area (Å²) in [6, 6.07) is 16.2. The third-order valence-corrected chi connectivity index (χ3v) is 5.91. The number of carbonyl (C=O) groups excluding carboxylic acids is 1. The summed E-state index contributed by atoms with van der Waals surface area (Å²) in [5.41, 5.74) is 0.463. The largest absolute Gasteiger partial charge is 0.394 e. The fraction of sp³-hybridized carbons (Fsp3) is 0.238. The van der Waals surface area contributed by atoms with Gasteiger partial charge in [-0.15, -0.1) is 0 Å². The SMILES string of the molecule is CC(C)(C(=O)N[C@H](CO)c1ccccc1)c1ccc(S(=O)(=O)C=CC#N)cc1. The number of rotatable bonds is 7. The van der Waals surface area contributed by atoms with Crippen LogP contribution in [0, 0.1) is 11.3 Å². The number of nitrogens with one attached hydrogen (secondary N) is 1. The van der Waals surface area contributed by atoms with Crippen LogP contribution >= 0.6 is 0 Å². The van der Waals surface area contributed by atoms with Crippen LogP contribution in [0.25, 0.3) is 0 Å². The van der Waals surface area contributed by atoms with Crippen molar-refractivity contribution in [1.29, 1.82) is 5.26 Å². The Balaban J connectivity index is 2.22. The molecule has 0 aliphatic rings. The van der Waals surface area contributed by atoms with Crippen LogP contribution in [-0.4, -0.2) is 26.0 Å². The lowest BCUT2D eigenvalue weighted by Gasteiger charge is -2.27. The van der Waals surface area contributed by atoms with Crippen LogP contribution in [0.3, 0.4) is 0 Å². The van der Waals surface area contributed by atoms with E-state index in [0.29, 0.717) is 5.56 Å². The number of hydrogen-bond acceptors (Lipinski definition) is 5. The Hall–Kier alpha value is -2.95. The van der Waals surface area contributed by atoms with E-state index in [9.17, 15) is 18.3 Å². The summed E-state index contributed by atoms with van der Waals surface area (Å²) in [4.78, 5) is 12.9. The lowest BCUT2D eigenvalue weighted by atomic mass is 9.83. The minimum Gasteiger partial charge on any atom is -0.394 e. The molecule has 2 rings (SSSR count). The Morgan fingerprint density at radius 3 is 2.32 bits per heavy atom. The molecule has 0 aliphatic heterocycles. The highest BCUT2D eigenvalue weighted by molar-refractivity contribution is 7.94. The molecular formula is C21H22N2O4S. The van der Waals surface area contributed by atoms with Gasteiger partial charge in [0.15, 0.2) is 0 Å². The van der Waals surface area contributed by atoms with Crippen LogP contribution in [0.15, 0.2) is 71.0 Å². The van der Waals surface area contributed by atoms with E-state index >= 15 is 0 Å². The summed E-state index contributed by atoms with van der Waals surface area (Å²) in [5.74, 6) is -0.296. The van der Waals surface area contributed by atoms with Crippen molar-refractivity contribution < 1.29 is 18.3 Å². The molecule has 0 spiro atoms. The van der Waals surface area contributed by atoms with Crippen LogP contribution in [0.5, 0.6) is 0 Å². The molecule has 0 unspecified atom stereocenters. The second-order valence-corrected chi connectivity index (χ2v) is 8.58. The third-order valence-electron chi connectivity index (χ3n) is 4.48. The number of aliphatic hydroxyl groups excluding tert-OH is 1. The van der Waals surface area contributed by atoms with Crippen molar-refractivity contribution in [2.24, 2.45) is 0 Å². The Morgan fingerprint density at radius 2 is 1.79 bits per heavy atom. The molecule has 7 heteroatoms. The highest BCUT2D eigenvalue weighted by Gasteiger charge is 2.31. The maximum atomic E-state index is 12.8. The van der Waals surface area contributed by atoms with Crippen molar-refractivity contribution in [3.8, 4) is 6.07 Å². The minimum absolute atomic E-state index is 0.0384. The average molecular weight is 398 g/mol. The summed E-state index contributed by atoms with van der Waals surface area (Å²) in [6.07, 6.45) is 0.902. The van der Waals surface area contributed by atoms with E-state index < -0.39 is 21.3 Å². The van der Waals surface area contributed by atoms with Gasteiger partial charge in [-0.1, -0.05) is 42.5 Å². The number of aliphatic hydroxyl groups is 1. The van der Waals surface area contributed by atoms with Gasteiger partial charge in [0.1, 0.15) is 0 Å². The van der Waals surface area contributed by atoms with Crippen LogP contribution in [0.2, 0.25) is 0 Å². The molecule has 0 aliphatic carbocycles. The van der Waals surface area contributed by atoms with Gasteiger partial charge < -0.3 is 10.4 Å². The first kappa shape index (κ1) is 21.4. The highest BCUT2D eigenvalue weighted by Crippen LogP contribution is 2.26. The molecule has 2 N–H and O–H groups in total. The van der Waals surface area contributed by atoms with Crippen molar-refractivity contribution >= 4 is 15.7 Å². The molecule has 0 heterocycles. The molecular weight excluding hydrogens is 376 g/mol. The topological polar surface area (TPSA) is 107 Å². The van der Waals surface area contributed by atoms with Gasteiger partial charge in [-0.25, -0.2) is 8.42 Å². The first-order chi connectivity index (χ1) is 13.2. The minimum atomic E-state index is -3.70. The summed E-state index contributed by atoms with van der Waals surface area (Å²) in [6.45, 7) is 3.20. The number of amides is 1. The van der Waals surface area contributed by atoms with Crippen molar-refractivity contribution in [2.45, 2.75) is 30.2 Å². The van der Waals surface area contributed by atoms with Gasteiger partial charge in [0.05, 0.1) is 29.0 Å². The second-order valence-electron chi connectivity index (χ2n) is 6.75. The maximum absolute atomic E-state index is 12.8. The Bertz CT molecular complexity index is 989. The third kappa shape index (κ3) is 4.85. The predicted octanol–water partition coefficient (Wildman–Crippen LogP) is 2.62. The number of hydrogen-bond donors (Lipinski definition) is 2. The molecule has 0 saturated heterocycles. The first-order valence-corrected chi connectivity index (χ1v) is 10.2. The van der Waals surface area contributed by atoms with Gasteiger partial charge in [0, 0.05) is 11.5 Å². The van der Waals surface area contributed by atoms with Gasteiger partial charge in [-0.2, -0.15) is 5.26 Å². The summed E-state index contributed by atoms with van der Waals surface area (Å²) < 4.78 is 24.2. The smallest absolute Gasteiger partial charge is 0.230 e. The molecule has 146 valence electrons. The monoisotopic (exact) mass is 398 g/mol. The molecule has 0 saturated carbocycles.